The van der Waals surface area contributed by atoms with Gasteiger partial charge in [0.25, 0.3) is 10.0 Å². The minimum atomic E-state index is -3.67. The molecule has 1 aliphatic heterocycles. The maximum Gasteiger partial charge on any atom is 0.305 e. The number of aromatic nitrogens is 1. The number of thiazole rings is 1. The van der Waals surface area contributed by atoms with Gasteiger partial charge in [0.2, 0.25) is 0 Å². The Balaban J connectivity index is 2.38. The van der Waals surface area contributed by atoms with Crippen molar-refractivity contribution in [3.05, 3.63) is 15.4 Å². The van der Waals surface area contributed by atoms with Gasteiger partial charge >= 0.3 is 4.87 Å². The Morgan fingerprint density at radius 3 is 2.69 bits per heavy atom. The number of hydroxylamine groups is 1. The molecule has 2 heterocycles. The Morgan fingerprint density at radius 2 is 2.19 bits per heavy atom. The number of sulfonamides is 1. The fourth-order valence-electron chi connectivity index (χ4n) is 1.49. The van der Waals surface area contributed by atoms with Gasteiger partial charge in [-0.2, -0.15) is 0 Å². The molecule has 0 spiro atoms. The van der Waals surface area contributed by atoms with Crippen molar-refractivity contribution < 1.29 is 13.3 Å². The zero-order valence-electron chi connectivity index (χ0n) is 8.73. The highest BCUT2D eigenvalue weighted by Crippen LogP contribution is 2.23. The molecule has 0 saturated carbocycles. The van der Waals surface area contributed by atoms with E-state index in [9.17, 15) is 13.2 Å². The molecule has 16 heavy (non-hydrogen) atoms. The molecule has 1 aliphatic rings. The molecule has 6 nitrogen and oxygen atoms in total. The lowest BCUT2D eigenvalue weighted by Crippen LogP contribution is -2.35. The Bertz CT molecular complexity index is 524. The van der Waals surface area contributed by atoms with Gasteiger partial charge in [0, 0.05) is 12.2 Å². The van der Waals surface area contributed by atoms with Crippen LogP contribution in [0.1, 0.15) is 18.5 Å². The van der Waals surface area contributed by atoms with E-state index in [4.69, 9.17) is 4.84 Å². The van der Waals surface area contributed by atoms with Gasteiger partial charge in [-0.15, -0.1) is 0 Å². The molecular weight excluding hydrogens is 252 g/mol. The first-order valence-electron chi connectivity index (χ1n) is 4.87. The molecule has 0 bridgehead atoms. The van der Waals surface area contributed by atoms with Gasteiger partial charge in [-0.3, -0.25) is 9.63 Å². The van der Waals surface area contributed by atoms with Gasteiger partial charge in [0.1, 0.15) is 0 Å². The van der Waals surface area contributed by atoms with Gasteiger partial charge < -0.3 is 4.98 Å². The second kappa shape index (κ2) is 4.28. The summed E-state index contributed by atoms with van der Waals surface area (Å²) < 4.78 is 25.2. The van der Waals surface area contributed by atoms with Gasteiger partial charge in [0.05, 0.1) is 6.61 Å². The molecule has 0 atom stereocenters. The molecule has 1 fully saturated rings. The van der Waals surface area contributed by atoms with E-state index in [0.29, 0.717) is 30.2 Å². The van der Waals surface area contributed by atoms with E-state index in [1.165, 1.54) is 0 Å². The van der Waals surface area contributed by atoms with Crippen molar-refractivity contribution in [2.45, 2.75) is 24.0 Å². The van der Waals surface area contributed by atoms with E-state index in [1.807, 2.05) is 0 Å². The fourth-order valence-corrected chi connectivity index (χ4v) is 4.17. The maximum absolute atomic E-state index is 12.1. The zero-order valence-corrected chi connectivity index (χ0v) is 10.4. The van der Waals surface area contributed by atoms with E-state index >= 15 is 0 Å². The molecule has 8 heteroatoms. The number of H-pyrrole nitrogens is 1. The summed E-state index contributed by atoms with van der Waals surface area (Å²) in [5.74, 6) is 0. The third-order valence-electron chi connectivity index (χ3n) is 2.25. The van der Waals surface area contributed by atoms with Crippen molar-refractivity contribution in [1.29, 1.82) is 0 Å². The van der Waals surface area contributed by atoms with Gasteiger partial charge in [-0.25, -0.2) is 8.42 Å². The maximum atomic E-state index is 12.1. The van der Waals surface area contributed by atoms with Crippen LogP contribution in [-0.4, -0.2) is 31.0 Å². The van der Waals surface area contributed by atoms with Crippen molar-refractivity contribution in [3.63, 3.8) is 0 Å². The van der Waals surface area contributed by atoms with E-state index < -0.39 is 10.0 Å². The van der Waals surface area contributed by atoms with Crippen LogP contribution in [0.2, 0.25) is 0 Å². The normalized spacial score (nSPS) is 18.8. The summed E-state index contributed by atoms with van der Waals surface area (Å²) in [7, 11) is -3.67. The van der Waals surface area contributed by atoms with Crippen LogP contribution in [-0.2, 0) is 14.9 Å². The van der Waals surface area contributed by atoms with Crippen molar-refractivity contribution in [3.8, 4) is 0 Å². The van der Waals surface area contributed by atoms with E-state index in [1.54, 1.807) is 6.92 Å². The van der Waals surface area contributed by atoms with Gasteiger partial charge in [-0.05, 0) is 19.8 Å². The molecule has 0 radical (unpaired) electrons. The third-order valence-corrected chi connectivity index (χ3v) is 5.51. The molecule has 0 unspecified atom stereocenters. The highest BCUT2D eigenvalue weighted by Gasteiger charge is 2.30. The Labute approximate surface area is 96.9 Å². The highest BCUT2D eigenvalue weighted by molar-refractivity contribution is 7.91. The smallest absolute Gasteiger partial charge is 0.305 e. The standard InChI is InChI=1S/C8H12N2O4S2/c1-6-7(15-8(11)9-6)16(12,13)10-4-2-3-5-14-10/h2-5H2,1H3,(H,9,11). The van der Waals surface area contributed by atoms with Crippen LogP contribution < -0.4 is 4.87 Å². The fraction of sp³-hybridized carbons (Fsp3) is 0.625. The SMILES string of the molecule is Cc1[nH]c(=O)sc1S(=O)(=O)N1CCCCO1. The summed E-state index contributed by atoms with van der Waals surface area (Å²) in [6, 6.07) is 0. The quantitative estimate of drug-likeness (QED) is 0.841. The number of hydrogen-bond donors (Lipinski definition) is 1. The summed E-state index contributed by atoms with van der Waals surface area (Å²) in [6.45, 7) is 2.31. The van der Waals surface area contributed by atoms with Crippen LogP contribution in [0.3, 0.4) is 0 Å². The molecule has 1 N–H and O–H groups in total. The Morgan fingerprint density at radius 1 is 1.44 bits per heavy atom. The summed E-state index contributed by atoms with van der Waals surface area (Å²) in [6.07, 6.45) is 1.63. The van der Waals surface area contributed by atoms with Crippen LogP contribution in [0.25, 0.3) is 0 Å². The lowest BCUT2D eigenvalue weighted by Gasteiger charge is -2.24. The van der Waals surface area contributed by atoms with Gasteiger partial charge in [0.15, 0.2) is 4.21 Å². The van der Waals surface area contributed by atoms with Crippen molar-refractivity contribution in [1.82, 2.24) is 9.45 Å². The second-order valence-corrected chi connectivity index (χ2v) is 6.51. The predicted octanol–water partition coefficient (Wildman–Crippen LogP) is 0.461. The van der Waals surface area contributed by atoms with Crippen LogP contribution in [0.5, 0.6) is 0 Å². The van der Waals surface area contributed by atoms with E-state index in [-0.39, 0.29) is 9.08 Å². The van der Waals surface area contributed by atoms with Crippen LogP contribution >= 0.6 is 11.3 Å². The Kier molecular flexibility index (Phi) is 3.15. The van der Waals surface area contributed by atoms with Crippen molar-refractivity contribution in [2.24, 2.45) is 0 Å². The number of aromatic amines is 1. The molecule has 2 rings (SSSR count). The topological polar surface area (TPSA) is 79.5 Å². The first-order chi connectivity index (χ1) is 7.51. The summed E-state index contributed by atoms with van der Waals surface area (Å²) in [5, 5.41) is 0. The lowest BCUT2D eigenvalue weighted by atomic mass is 10.3. The number of rotatable bonds is 2. The first-order valence-corrected chi connectivity index (χ1v) is 7.13. The lowest BCUT2D eigenvalue weighted by molar-refractivity contribution is -0.108. The van der Waals surface area contributed by atoms with E-state index in [2.05, 4.69) is 4.98 Å². The molecule has 1 aromatic heterocycles. The van der Waals surface area contributed by atoms with Crippen LogP contribution in [0.15, 0.2) is 9.00 Å². The molecule has 0 aliphatic carbocycles. The highest BCUT2D eigenvalue weighted by atomic mass is 32.2. The average molecular weight is 264 g/mol. The number of nitrogens with zero attached hydrogens (tertiary/aromatic N) is 1. The van der Waals surface area contributed by atoms with Gasteiger partial charge in [-0.1, -0.05) is 15.8 Å². The largest absolute Gasteiger partial charge is 0.315 e. The predicted molar refractivity (Wildman–Crippen MR) is 58.8 cm³/mol. The molecule has 0 amide bonds. The molecule has 90 valence electrons. The number of aryl methyl sites for hydroxylation is 1. The van der Waals surface area contributed by atoms with Crippen LogP contribution in [0.4, 0.5) is 0 Å². The summed E-state index contributed by atoms with van der Waals surface area (Å²) in [5.41, 5.74) is 0.365. The minimum Gasteiger partial charge on any atom is -0.315 e. The van der Waals surface area contributed by atoms with E-state index in [0.717, 1.165) is 17.3 Å². The number of nitrogens with one attached hydrogen (secondary N) is 1. The van der Waals surface area contributed by atoms with Crippen LogP contribution in [0, 0.1) is 6.92 Å². The average Bonchev–Trinajstić information content (AvgIpc) is 2.60. The molecule has 0 aromatic carbocycles. The second-order valence-electron chi connectivity index (χ2n) is 3.50. The summed E-state index contributed by atoms with van der Waals surface area (Å²) >= 11 is 0.694. The third kappa shape index (κ3) is 2.05. The minimum absolute atomic E-state index is 0.0411. The molecule has 1 saturated heterocycles. The van der Waals surface area contributed by atoms with Crippen molar-refractivity contribution >= 4 is 21.4 Å². The van der Waals surface area contributed by atoms with Crippen molar-refractivity contribution in [2.75, 3.05) is 13.2 Å². The monoisotopic (exact) mass is 264 g/mol. The first kappa shape index (κ1) is 11.8. The molecule has 1 aromatic rings. The Hall–Kier alpha value is -0.700. The zero-order chi connectivity index (χ0) is 11.8. The summed E-state index contributed by atoms with van der Waals surface area (Å²) in [4.78, 5) is 18.3. The number of hydrogen-bond acceptors (Lipinski definition) is 5. The molecular formula is C8H12N2O4S2.